The third kappa shape index (κ3) is 4.75. The van der Waals surface area contributed by atoms with E-state index >= 15 is 0 Å². The number of rotatable bonds is 8. The molecule has 7 nitrogen and oxygen atoms in total. The first-order valence-electron chi connectivity index (χ1n) is 12.9. The molecule has 2 aromatic heterocycles. The van der Waals surface area contributed by atoms with Crippen molar-refractivity contribution in [3.05, 3.63) is 81.5 Å². The maximum Gasteiger partial charge on any atom is 0.258 e. The van der Waals surface area contributed by atoms with Gasteiger partial charge in [0, 0.05) is 24.2 Å². The van der Waals surface area contributed by atoms with Gasteiger partial charge in [-0.25, -0.2) is 4.98 Å². The maximum absolute atomic E-state index is 14.4. The molecular weight excluding hydrogens is 452 g/mol. The lowest BCUT2D eigenvalue weighted by Crippen LogP contribution is -2.38. The van der Waals surface area contributed by atoms with Gasteiger partial charge in [-0.3, -0.25) is 14.6 Å². The topological polar surface area (TPSA) is 88.2 Å². The second-order valence-corrected chi connectivity index (χ2v) is 9.38. The van der Waals surface area contributed by atoms with E-state index in [1.807, 2.05) is 42.5 Å². The summed E-state index contributed by atoms with van der Waals surface area (Å²) in [5, 5.41) is 1.40. The molecule has 0 aliphatic carbocycles. The normalized spacial score (nSPS) is 15.6. The standard InChI is InChI=1S/C29H32N4O3/c1-3-10-23-20(4-2)27(21-12-5-7-14-24(21)30-23)29(35)33(17-19-11-9-16-36-19)18-26-31-25-15-8-6-13-22(25)28(34)32-26/h5-8,12-15,19H,3-4,9-11,16-18H2,1-2H3,(H,31,32,34)/t19-/m1/s1. The summed E-state index contributed by atoms with van der Waals surface area (Å²) >= 11 is 0. The number of hydrogen-bond acceptors (Lipinski definition) is 5. The molecule has 2 aromatic carbocycles. The van der Waals surface area contributed by atoms with E-state index in [2.05, 4.69) is 23.8 Å². The van der Waals surface area contributed by atoms with Crippen LogP contribution < -0.4 is 5.56 Å². The van der Waals surface area contributed by atoms with Crippen molar-refractivity contribution in [2.75, 3.05) is 13.2 Å². The molecule has 1 fully saturated rings. The van der Waals surface area contributed by atoms with Crippen molar-refractivity contribution in [2.45, 2.75) is 58.6 Å². The number of aromatic amines is 1. The molecule has 1 N–H and O–H groups in total. The van der Waals surface area contributed by atoms with Crippen LogP contribution in [0.4, 0.5) is 0 Å². The minimum absolute atomic E-state index is 0.0329. The number of benzene rings is 2. The van der Waals surface area contributed by atoms with Gasteiger partial charge < -0.3 is 14.6 Å². The molecule has 36 heavy (non-hydrogen) atoms. The van der Waals surface area contributed by atoms with Crippen LogP contribution in [0.15, 0.2) is 53.3 Å². The Morgan fingerprint density at radius 1 is 1.06 bits per heavy atom. The molecule has 1 atom stereocenters. The number of aryl methyl sites for hydroxylation is 1. The largest absolute Gasteiger partial charge is 0.376 e. The van der Waals surface area contributed by atoms with Gasteiger partial charge in [-0.1, -0.05) is 50.6 Å². The summed E-state index contributed by atoms with van der Waals surface area (Å²) < 4.78 is 5.91. The number of nitrogens with zero attached hydrogens (tertiary/aromatic N) is 3. The zero-order chi connectivity index (χ0) is 25.1. The third-order valence-electron chi connectivity index (χ3n) is 6.87. The zero-order valence-corrected chi connectivity index (χ0v) is 20.9. The molecule has 1 amide bonds. The fourth-order valence-electron chi connectivity index (χ4n) is 5.17. The summed E-state index contributed by atoms with van der Waals surface area (Å²) in [7, 11) is 0. The van der Waals surface area contributed by atoms with Gasteiger partial charge in [0.1, 0.15) is 5.82 Å². The van der Waals surface area contributed by atoms with E-state index in [1.54, 1.807) is 11.0 Å². The van der Waals surface area contributed by atoms with Crippen LogP contribution in [-0.2, 0) is 24.1 Å². The molecule has 0 bridgehead atoms. The molecule has 1 aliphatic rings. The van der Waals surface area contributed by atoms with Crippen molar-refractivity contribution in [1.82, 2.24) is 19.9 Å². The lowest BCUT2D eigenvalue weighted by Gasteiger charge is -2.27. The Labute approximate surface area is 210 Å². The first kappa shape index (κ1) is 24.1. The molecule has 0 saturated carbocycles. The van der Waals surface area contributed by atoms with Crippen molar-refractivity contribution in [1.29, 1.82) is 0 Å². The number of para-hydroxylation sites is 2. The zero-order valence-electron chi connectivity index (χ0n) is 20.9. The lowest BCUT2D eigenvalue weighted by atomic mass is 9.95. The van der Waals surface area contributed by atoms with Crippen LogP contribution >= 0.6 is 0 Å². The Morgan fingerprint density at radius 2 is 1.78 bits per heavy atom. The Kier molecular flexibility index (Phi) is 7.09. The van der Waals surface area contributed by atoms with Crippen LogP contribution in [0.25, 0.3) is 21.8 Å². The molecule has 7 heteroatoms. The average molecular weight is 485 g/mol. The number of carbonyl (C=O) groups is 1. The maximum atomic E-state index is 14.4. The van der Waals surface area contributed by atoms with E-state index < -0.39 is 0 Å². The van der Waals surface area contributed by atoms with Crippen molar-refractivity contribution < 1.29 is 9.53 Å². The van der Waals surface area contributed by atoms with Gasteiger partial charge in [0.25, 0.3) is 11.5 Å². The van der Waals surface area contributed by atoms with Crippen LogP contribution in [-0.4, -0.2) is 45.0 Å². The number of H-pyrrole nitrogens is 1. The summed E-state index contributed by atoms with van der Waals surface area (Å²) in [6, 6.07) is 15.1. The number of amides is 1. The number of aromatic nitrogens is 3. The molecule has 0 radical (unpaired) electrons. The Morgan fingerprint density at radius 3 is 2.47 bits per heavy atom. The van der Waals surface area contributed by atoms with Crippen molar-refractivity contribution >= 4 is 27.7 Å². The summed E-state index contributed by atoms with van der Waals surface area (Å²) in [5.41, 5.74) is 3.93. The Bertz CT molecular complexity index is 1460. The molecule has 5 rings (SSSR count). The third-order valence-corrected chi connectivity index (χ3v) is 6.87. The van der Waals surface area contributed by atoms with E-state index in [4.69, 9.17) is 9.72 Å². The molecule has 1 aliphatic heterocycles. The summed E-state index contributed by atoms with van der Waals surface area (Å²) in [5.74, 6) is 0.393. The fraction of sp³-hybridized carbons (Fsp3) is 0.379. The van der Waals surface area contributed by atoms with Gasteiger partial charge in [0.05, 0.1) is 34.6 Å². The predicted molar refractivity (Wildman–Crippen MR) is 141 cm³/mol. The van der Waals surface area contributed by atoms with Gasteiger partial charge in [0.15, 0.2) is 0 Å². The minimum Gasteiger partial charge on any atom is -0.376 e. The Hall–Kier alpha value is -3.58. The molecule has 4 aromatic rings. The first-order valence-corrected chi connectivity index (χ1v) is 12.9. The van der Waals surface area contributed by atoms with Gasteiger partial charge >= 0.3 is 0 Å². The second kappa shape index (κ2) is 10.6. The molecule has 0 spiro atoms. The van der Waals surface area contributed by atoms with E-state index in [0.717, 1.165) is 47.8 Å². The van der Waals surface area contributed by atoms with E-state index in [9.17, 15) is 9.59 Å². The van der Waals surface area contributed by atoms with Gasteiger partial charge in [-0.2, -0.15) is 0 Å². The van der Waals surface area contributed by atoms with Crippen LogP contribution in [0, 0.1) is 0 Å². The molecule has 3 heterocycles. The summed E-state index contributed by atoms with van der Waals surface area (Å²) in [6.07, 6.45) is 4.34. The lowest BCUT2D eigenvalue weighted by molar-refractivity contribution is 0.0502. The highest BCUT2D eigenvalue weighted by Gasteiger charge is 2.28. The number of carbonyl (C=O) groups excluding carboxylic acids is 1. The smallest absolute Gasteiger partial charge is 0.258 e. The number of pyridine rings is 1. The van der Waals surface area contributed by atoms with Crippen LogP contribution in [0.2, 0.25) is 0 Å². The van der Waals surface area contributed by atoms with E-state index in [0.29, 0.717) is 41.9 Å². The number of ether oxygens (including phenoxy) is 1. The second-order valence-electron chi connectivity index (χ2n) is 9.38. The van der Waals surface area contributed by atoms with Crippen LogP contribution in [0.3, 0.4) is 0 Å². The van der Waals surface area contributed by atoms with Crippen molar-refractivity contribution in [3.63, 3.8) is 0 Å². The quantitative estimate of drug-likeness (QED) is 0.388. The number of fused-ring (bicyclic) bond motifs is 2. The Balaban J connectivity index is 1.61. The summed E-state index contributed by atoms with van der Waals surface area (Å²) in [4.78, 5) is 41.4. The van der Waals surface area contributed by atoms with Crippen molar-refractivity contribution in [3.8, 4) is 0 Å². The predicted octanol–water partition coefficient (Wildman–Crippen LogP) is 4.81. The van der Waals surface area contributed by atoms with Gasteiger partial charge in [0.2, 0.25) is 0 Å². The molecular formula is C29H32N4O3. The molecule has 186 valence electrons. The van der Waals surface area contributed by atoms with Crippen molar-refractivity contribution in [2.24, 2.45) is 0 Å². The molecule has 1 saturated heterocycles. The molecule has 0 unspecified atom stereocenters. The van der Waals surface area contributed by atoms with E-state index in [-0.39, 0.29) is 24.1 Å². The highest BCUT2D eigenvalue weighted by molar-refractivity contribution is 6.07. The number of nitrogens with one attached hydrogen (secondary N) is 1. The summed E-state index contributed by atoms with van der Waals surface area (Å²) in [6.45, 7) is 5.55. The fourth-order valence-corrected chi connectivity index (χ4v) is 5.17. The minimum atomic E-state index is -0.200. The van der Waals surface area contributed by atoms with E-state index in [1.165, 1.54) is 0 Å². The highest BCUT2D eigenvalue weighted by Crippen LogP contribution is 2.28. The van der Waals surface area contributed by atoms with Crippen LogP contribution in [0.1, 0.15) is 60.5 Å². The SMILES string of the molecule is CCCc1nc2ccccc2c(C(=O)N(Cc2nc3ccccc3c(=O)[nH]2)C[C@H]2CCCO2)c1CC. The first-order chi connectivity index (χ1) is 17.6. The highest BCUT2D eigenvalue weighted by atomic mass is 16.5. The number of hydrogen-bond donors (Lipinski definition) is 1. The van der Waals surface area contributed by atoms with Gasteiger partial charge in [-0.05, 0) is 49.4 Å². The monoisotopic (exact) mass is 484 g/mol. The average Bonchev–Trinajstić information content (AvgIpc) is 3.40. The van der Waals surface area contributed by atoms with Crippen LogP contribution in [0.5, 0.6) is 0 Å². The van der Waals surface area contributed by atoms with Gasteiger partial charge in [-0.15, -0.1) is 0 Å².